The molecule has 1 atom stereocenters. The maximum atomic E-state index is 11.1. The second-order valence-corrected chi connectivity index (χ2v) is 6.85. The van der Waals surface area contributed by atoms with Gasteiger partial charge in [0.15, 0.2) is 5.96 Å². The van der Waals surface area contributed by atoms with Crippen molar-refractivity contribution < 1.29 is 4.79 Å². The van der Waals surface area contributed by atoms with E-state index in [1.165, 1.54) is 45.3 Å². The fourth-order valence-electron chi connectivity index (χ4n) is 3.71. The third-order valence-corrected chi connectivity index (χ3v) is 4.90. The molecule has 7 heteroatoms. The predicted octanol–water partition coefficient (Wildman–Crippen LogP) is 1.64. The number of unbranched alkanes of at least 4 members (excludes halogenated alkanes) is 1. The summed E-state index contributed by atoms with van der Waals surface area (Å²) in [4.78, 5) is 20.4. The number of hydrogen-bond donors (Lipinski definition) is 2. The molecule has 0 aromatic carbocycles. The summed E-state index contributed by atoms with van der Waals surface area (Å²) in [6.45, 7) is 6.66. The number of nitrogens with one attached hydrogen (secondary N) is 1. The molecule has 24 heavy (non-hydrogen) atoms. The van der Waals surface area contributed by atoms with Crippen LogP contribution in [0, 0.1) is 5.92 Å². The Hall–Kier alpha value is -0.570. The van der Waals surface area contributed by atoms with Gasteiger partial charge in [0.25, 0.3) is 0 Å². The Morgan fingerprint density at radius 1 is 1.21 bits per heavy atom. The molecule has 1 amide bonds. The van der Waals surface area contributed by atoms with E-state index in [0.29, 0.717) is 12.3 Å². The van der Waals surface area contributed by atoms with Gasteiger partial charge in [-0.25, -0.2) is 0 Å². The van der Waals surface area contributed by atoms with Gasteiger partial charge in [-0.2, -0.15) is 0 Å². The van der Waals surface area contributed by atoms with Gasteiger partial charge >= 0.3 is 0 Å². The van der Waals surface area contributed by atoms with Crippen molar-refractivity contribution in [2.45, 2.75) is 44.9 Å². The molecule has 0 bridgehead atoms. The summed E-state index contributed by atoms with van der Waals surface area (Å²) in [6.07, 6.45) is 7.84. The minimum Gasteiger partial charge on any atom is -0.370 e. The molecule has 2 heterocycles. The zero-order valence-electron chi connectivity index (χ0n) is 15.0. The Kier molecular flexibility index (Phi) is 10.6. The number of piperidine rings is 1. The van der Waals surface area contributed by atoms with Crippen LogP contribution in [0.15, 0.2) is 4.99 Å². The monoisotopic (exact) mass is 451 g/mol. The van der Waals surface area contributed by atoms with E-state index in [-0.39, 0.29) is 29.9 Å². The lowest BCUT2D eigenvalue weighted by Gasteiger charge is -2.34. The third-order valence-electron chi connectivity index (χ3n) is 4.90. The largest absolute Gasteiger partial charge is 0.370 e. The van der Waals surface area contributed by atoms with Crippen LogP contribution in [0.5, 0.6) is 0 Å². The molecule has 0 aliphatic carbocycles. The molecule has 6 nitrogen and oxygen atoms in total. The minimum absolute atomic E-state index is 0. The molecule has 2 aliphatic rings. The normalized spacial score (nSPS) is 22.3. The lowest BCUT2D eigenvalue weighted by Crippen LogP contribution is -2.47. The van der Waals surface area contributed by atoms with Crippen LogP contribution in [0.2, 0.25) is 0 Å². The molecule has 2 aliphatic heterocycles. The van der Waals surface area contributed by atoms with Gasteiger partial charge in [-0.15, -0.1) is 24.0 Å². The first-order valence-electron chi connectivity index (χ1n) is 9.15. The van der Waals surface area contributed by atoms with Crippen LogP contribution in [0.1, 0.15) is 44.9 Å². The lowest BCUT2D eigenvalue weighted by atomic mass is 9.95. The maximum absolute atomic E-state index is 11.1. The van der Waals surface area contributed by atoms with Gasteiger partial charge < -0.3 is 20.9 Å². The number of carbonyl (C=O) groups is 1. The summed E-state index contributed by atoms with van der Waals surface area (Å²) in [7, 11) is 1.84. The van der Waals surface area contributed by atoms with Crippen LogP contribution in [0.3, 0.4) is 0 Å². The first-order valence-corrected chi connectivity index (χ1v) is 9.15. The summed E-state index contributed by atoms with van der Waals surface area (Å²) >= 11 is 0. The number of primary amides is 1. The molecule has 2 fully saturated rings. The SMILES string of the molecule is CN=C(NCCCCN1CCCC1)N1CCCC(CC(N)=O)C1.I. The molecule has 0 saturated carbocycles. The number of likely N-dealkylation sites (tertiary alicyclic amines) is 2. The van der Waals surface area contributed by atoms with Crippen molar-refractivity contribution in [1.82, 2.24) is 15.1 Å². The number of hydrogen-bond acceptors (Lipinski definition) is 3. The van der Waals surface area contributed by atoms with Crippen LogP contribution in [-0.2, 0) is 4.79 Å². The Morgan fingerprint density at radius 3 is 2.62 bits per heavy atom. The lowest BCUT2D eigenvalue weighted by molar-refractivity contribution is -0.119. The van der Waals surface area contributed by atoms with Crippen molar-refractivity contribution in [2.75, 3.05) is 46.3 Å². The highest BCUT2D eigenvalue weighted by Gasteiger charge is 2.23. The second kappa shape index (κ2) is 11.9. The Bertz CT molecular complexity index is 398. The van der Waals surface area contributed by atoms with Crippen LogP contribution in [0.25, 0.3) is 0 Å². The molecular formula is C17H34IN5O. The highest BCUT2D eigenvalue weighted by molar-refractivity contribution is 14.0. The van der Waals surface area contributed by atoms with E-state index < -0.39 is 0 Å². The average Bonchev–Trinajstić information content (AvgIpc) is 3.04. The molecule has 2 saturated heterocycles. The number of nitrogens with two attached hydrogens (primary N) is 1. The summed E-state index contributed by atoms with van der Waals surface area (Å²) in [6, 6.07) is 0. The number of rotatable bonds is 7. The zero-order chi connectivity index (χ0) is 16.5. The van der Waals surface area contributed by atoms with Gasteiger partial charge in [0.05, 0.1) is 0 Å². The molecule has 0 aromatic heterocycles. The van der Waals surface area contributed by atoms with Gasteiger partial charge in [-0.05, 0) is 64.1 Å². The standard InChI is InChI=1S/C17H33N5O.HI/c1-19-17(20-8-2-3-9-21-10-4-5-11-21)22-12-6-7-15(14-22)13-16(18)23;/h15H,2-14H2,1H3,(H2,18,23)(H,19,20);1H. The van der Waals surface area contributed by atoms with E-state index in [0.717, 1.165) is 38.4 Å². The molecule has 2 rings (SSSR count). The highest BCUT2D eigenvalue weighted by atomic mass is 127. The van der Waals surface area contributed by atoms with Gasteiger partial charge in [0, 0.05) is 33.1 Å². The smallest absolute Gasteiger partial charge is 0.217 e. The van der Waals surface area contributed by atoms with Crippen molar-refractivity contribution in [3.8, 4) is 0 Å². The number of aliphatic imine (C=N–C) groups is 1. The van der Waals surface area contributed by atoms with E-state index in [1.54, 1.807) is 0 Å². The minimum atomic E-state index is -0.193. The molecule has 1 unspecified atom stereocenters. The molecular weight excluding hydrogens is 417 g/mol. The van der Waals surface area contributed by atoms with Crippen molar-refractivity contribution >= 4 is 35.8 Å². The van der Waals surface area contributed by atoms with Crippen LogP contribution < -0.4 is 11.1 Å². The number of halogens is 1. The highest BCUT2D eigenvalue weighted by Crippen LogP contribution is 2.19. The van der Waals surface area contributed by atoms with E-state index in [4.69, 9.17) is 5.73 Å². The van der Waals surface area contributed by atoms with E-state index in [1.807, 2.05) is 7.05 Å². The number of nitrogens with zero attached hydrogens (tertiary/aromatic N) is 3. The second-order valence-electron chi connectivity index (χ2n) is 6.85. The quantitative estimate of drug-likeness (QED) is 0.267. The van der Waals surface area contributed by atoms with Crippen LogP contribution in [-0.4, -0.2) is 68.0 Å². The number of amides is 1. The summed E-state index contributed by atoms with van der Waals surface area (Å²) < 4.78 is 0. The third kappa shape index (κ3) is 7.55. The Labute approximate surface area is 163 Å². The summed E-state index contributed by atoms with van der Waals surface area (Å²) in [5.74, 6) is 1.15. The topological polar surface area (TPSA) is 74.0 Å². The zero-order valence-corrected chi connectivity index (χ0v) is 17.3. The first kappa shape index (κ1) is 21.5. The first-order chi connectivity index (χ1) is 11.2. The fraction of sp³-hybridized carbons (Fsp3) is 0.882. The predicted molar refractivity (Wildman–Crippen MR) is 110 cm³/mol. The van der Waals surface area contributed by atoms with Crippen molar-refractivity contribution in [3.05, 3.63) is 0 Å². The number of carbonyl (C=O) groups excluding carboxylic acids is 1. The maximum Gasteiger partial charge on any atom is 0.217 e. The van der Waals surface area contributed by atoms with Gasteiger partial charge in [0.2, 0.25) is 5.91 Å². The van der Waals surface area contributed by atoms with Crippen LogP contribution >= 0.6 is 24.0 Å². The molecule has 0 aromatic rings. The molecule has 140 valence electrons. The van der Waals surface area contributed by atoms with E-state index in [2.05, 4.69) is 20.1 Å². The van der Waals surface area contributed by atoms with Crippen molar-refractivity contribution in [2.24, 2.45) is 16.6 Å². The van der Waals surface area contributed by atoms with E-state index in [9.17, 15) is 4.79 Å². The average molecular weight is 451 g/mol. The molecule has 3 N–H and O–H groups in total. The summed E-state index contributed by atoms with van der Waals surface area (Å²) in [5.41, 5.74) is 5.34. The van der Waals surface area contributed by atoms with Gasteiger partial charge in [0.1, 0.15) is 0 Å². The molecule has 0 radical (unpaired) electrons. The van der Waals surface area contributed by atoms with Gasteiger partial charge in [-0.1, -0.05) is 0 Å². The van der Waals surface area contributed by atoms with Crippen molar-refractivity contribution in [3.63, 3.8) is 0 Å². The van der Waals surface area contributed by atoms with E-state index >= 15 is 0 Å². The number of guanidine groups is 1. The van der Waals surface area contributed by atoms with Crippen molar-refractivity contribution in [1.29, 1.82) is 0 Å². The van der Waals surface area contributed by atoms with Crippen LogP contribution in [0.4, 0.5) is 0 Å². The molecule has 0 spiro atoms. The Balaban J connectivity index is 0.00000288. The Morgan fingerprint density at radius 2 is 1.96 bits per heavy atom. The fourth-order valence-corrected chi connectivity index (χ4v) is 3.71. The summed E-state index contributed by atoms with van der Waals surface area (Å²) in [5, 5.41) is 3.48. The van der Waals surface area contributed by atoms with Gasteiger partial charge in [-0.3, -0.25) is 9.79 Å².